The smallest absolute Gasteiger partial charge is 0.267 e. The van der Waals surface area contributed by atoms with Gasteiger partial charge in [-0.1, -0.05) is 17.7 Å². The molecule has 1 aromatic carbocycles. The molecule has 0 aliphatic carbocycles. The highest BCUT2D eigenvalue weighted by molar-refractivity contribution is 5.67. The zero-order chi connectivity index (χ0) is 12.4. The molecule has 4 nitrogen and oxygen atoms in total. The summed E-state index contributed by atoms with van der Waals surface area (Å²) >= 11 is 0. The quantitative estimate of drug-likeness (QED) is 0.748. The number of H-pyrrole nitrogens is 2. The van der Waals surface area contributed by atoms with E-state index in [-0.39, 0.29) is 5.56 Å². The predicted octanol–water partition coefficient (Wildman–Crippen LogP) is 1.49. The zero-order valence-corrected chi connectivity index (χ0v) is 10.1. The van der Waals surface area contributed by atoms with Crippen LogP contribution < -0.4 is 11.3 Å². The largest absolute Gasteiger partial charge is 0.330 e. The van der Waals surface area contributed by atoms with Gasteiger partial charge in [0.15, 0.2) is 0 Å². The summed E-state index contributed by atoms with van der Waals surface area (Å²) < 4.78 is 0. The third-order valence-electron chi connectivity index (χ3n) is 2.93. The Balaban J connectivity index is 2.60. The summed E-state index contributed by atoms with van der Waals surface area (Å²) in [6.45, 7) is 4.54. The van der Waals surface area contributed by atoms with Crippen LogP contribution in [-0.4, -0.2) is 16.7 Å². The van der Waals surface area contributed by atoms with Gasteiger partial charge in [0.25, 0.3) is 5.56 Å². The van der Waals surface area contributed by atoms with E-state index in [1.54, 1.807) is 0 Å². The minimum atomic E-state index is -0.0774. The number of aryl methyl sites for hydroxylation is 2. The Morgan fingerprint density at radius 3 is 2.71 bits per heavy atom. The molecule has 0 radical (unpaired) electrons. The average molecular weight is 231 g/mol. The Morgan fingerprint density at radius 1 is 1.24 bits per heavy atom. The first-order chi connectivity index (χ1) is 8.13. The molecule has 90 valence electrons. The number of nitrogens with two attached hydrogens (primary N) is 1. The van der Waals surface area contributed by atoms with Gasteiger partial charge in [-0.2, -0.15) is 0 Å². The standard InChI is InChI=1S/C13H17N3O/c1-8-3-4-9(2)11(7-8)12-10(5-6-14)13(17)16-15-12/h3-4,7H,5-6,14H2,1-2H3,(H2,15,16,17). The Morgan fingerprint density at radius 2 is 2.00 bits per heavy atom. The number of aromatic nitrogens is 2. The van der Waals surface area contributed by atoms with Gasteiger partial charge in [-0.25, -0.2) is 0 Å². The Labute approximate surface area is 99.8 Å². The first kappa shape index (κ1) is 11.7. The van der Waals surface area contributed by atoms with Crippen LogP contribution in [0.3, 0.4) is 0 Å². The minimum Gasteiger partial charge on any atom is -0.330 e. The van der Waals surface area contributed by atoms with Gasteiger partial charge in [0.2, 0.25) is 0 Å². The summed E-state index contributed by atoms with van der Waals surface area (Å²) in [5, 5.41) is 5.58. The van der Waals surface area contributed by atoms with Crippen molar-refractivity contribution in [3.8, 4) is 11.3 Å². The van der Waals surface area contributed by atoms with Crippen molar-refractivity contribution in [2.75, 3.05) is 6.54 Å². The van der Waals surface area contributed by atoms with Gasteiger partial charge in [-0.05, 0) is 38.4 Å². The van der Waals surface area contributed by atoms with Crippen LogP contribution in [-0.2, 0) is 6.42 Å². The van der Waals surface area contributed by atoms with E-state index >= 15 is 0 Å². The van der Waals surface area contributed by atoms with Gasteiger partial charge in [-0.3, -0.25) is 15.0 Å². The lowest BCUT2D eigenvalue weighted by Crippen LogP contribution is -2.12. The highest BCUT2D eigenvalue weighted by atomic mass is 16.1. The summed E-state index contributed by atoms with van der Waals surface area (Å²) in [5.74, 6) is 0. The molecule has 0 bridgehead atoms. The van der Waals surface area contributed by atoms with E-state index in [0.29, 0.717) is 13.0 Å². The van der Waals surface area contributed by atoms with Gasteiger partial charge in [0.1, 0.15) is 0 Å². The molecule has 0 aliphatic heterocycles. The molecular weight excluding hydrogens is 214 g/mol. The first-order valence-electron chi connectivity index (χ1n) is 5.70. The molecule has 17 heavy (non-hydrogen) atoms. The van der Waals surface area contributed by atoms with Crippen molar-refractivity contribution in [2.45, 2.75) is 20.3 Å². The fraction of sp³-hybridized carbons (Fsp3) is 0.308. The lowest BCUT2D eigenvalue weighted by Gasteiger charge is -2.07. The summed E-state index contributed by atoms with van der Waals surface area (Å²) in [7, 11) is 0. The van der Waals surface area contributed by atoms with Gasteiger partial charge >= 0.3 is 0 Å². The SMILES string of the molecule is Cc1ccc(C)c(-c2[nH][nH]c(=O)c2CCN)c1. The molecule has 0 unspecified atom stereocenters. The minimum absolute atomic E-state index is 0.0774. The summed E-state index contributed by atoms with van der Waals surface area (Å²) in [6.07, 6.45) is 0.585. The maximum atomic E-state index is 11.7. The van der Waals surface area contributed by atoms with E-state index in [0.717, 1.165) is 22.4 Å². The molecule has 0 saturated heterocycles. The van der Waals surface area contributed by atoms with Crippen molar-refractivity contribution in [3.63, 3.8) is 0 Å². The van der Waals surface area contributed by atoms with Crippen LogP contribution in [0.2, 0.25) is 0 Å². The average Bonchev–Trinajstić information content (AvgIpc) is 2.65. The summed E-state index contributed by atoms with van der Waals surface area (Å²) in [5.41, 5.74) is 10.4. The monoisotopic (exact) mass is 231 g/mol. The van der Waals surface area contributed by atoms with Gasteiger partial charge < -0.3 is 5.73 Å². The molecule has 0 spiro atoms. The van der Waals surface area contributed by atoms with E-state index in [1.165, 1.54) is 5.56 Å². The number of hydrogen-bond donors (Lipinski definition) is 3. The summed E-state index contributed by atoms with van der Waals surface area (Å²) in [6, 6.07) is 6.20. The third kappa shape index (κ3) is 2.17. The van der Waals surface area contributed by atoms with Crippen molar-refractivity contribution in [3.05, 3.63) is 45.2 Å². The Bertz CT molecular complexity index is 581. The fourth-order valence-corrected chi connectivity index (χ4v) is 2.00. The maximum Gasteiger partial charge on any atom is 0.267 e. The van der Waals surface area contributed by atoms with Gasteiger partial charge in [0, 0.05) is 11.1 Å². The number of benzene rings is 1. The number of hydrogen-bond acceptors (Lipinski definition) is 2. The van der Waals surface area contributed by atoms with E-state index in [4.69, 9.17) is 5.73 Å². The molecule has 1 aromatic heterocycles. The lowest BCUT2D eigenvalue weighted by molar-refractivity contribution is 0.960. The van der Waals surface area contributed by atoms with Crippen LogP contribution in [0.25, 0.3) is 11.3 Å². The molecule has 0 saturated carbocycles. The van der Waals surface area contributed by atoms with Crippen molar-refractivity contribution in [2.24, 2.45) is 5.73 Å². The molecule has 2 rings (SSSR count). The second kappa shape index (κ2) is 4.59. The fourth-order valence-electron chi connectivity index (χ4n) is 2.00. The molecule has 1 heterocycles. The topological polar surface area (TPSA) is 74.7 Å². The zero-order valence-electron chi connectivity index (χ0n) is 10.1. The molecule has 4 N–H and O–H groups in total. The highest BCUT2D eigenvalue weighted by Crippen LogP contribution is 2.24. The molecular formula is C13H17N3O. The van der Waals surface area contributed by atoms with Gasteiger partial charge in [0.05, 0.1) is 5.69 Å². The molecule has 0 atom stereocenters. The van der Waals surface area contributed by atoms with Crippen molar-refractivity contribution in [1.82, 2.24) is 10.2 Å². The predicted molar refractivity (Wildman–Crippen MR) is 69.1 cm³/mol. The Hall–Kier alpha value is -1.81. The van der Waals surface area contributed by atoms with Crippen LogP contribution in [0.15, 0.2) is 23.0 Å². The number of aromatic amines is 2. The molecule has 2 aromatic rings. The third-order valence-corrected chi connectivity index (χ3v) is 2.93. The second-order valence-corrected chi connectivity index (χ2v) is 4.29. The molecule has 0 fully saturated rings. The van der Waals surface area contributed by atoms with E-state index in [1.807, 2.05) is 13.8 Å². The van der Waals surface area contributed by atoms with Crippen LogP contribution in [0.5, 0.6) is 0 Å². The van der Waals surface area contributed by atoms with Crippen molar-refractivity contribution in [1.29, 1.82) is 0 Å². The lowest BCUT2D eigenvalue weighted by atomic mass is 9.99. The van der Waals surface area contributed by atoms with Crippen molar-refractivity contribution < 1.29 is 0 Å². The van der Waals surface area contributed by atoms with Gasteiger partial charge in [-0.15, -0.1) is 0 Å². The highest BCUT2D eigenvalue weighted by Gasteiger charge is 2.12. The number of nitrogens with one attached hydrogen (secondary N) is 2. The normalized spacial score (nSPS) is 10.8. The number of rotatable bonds is 3. The van der Waals surface area contributed by atoms with E-state index in [2.05, 4.69) is 28.4 Å². The summed E-state index contributed by atoms with van der Waals surface area (Å²) in [4.78, 5) is 11.7. The second-order valence-electron chi connectivity index (χ2n) is 4.29. The van der Waals surface area contributed by atoms with E-state index < -0.39 is 0 Å². The van der Waals surface area contributed by atoms with Crippen LogP contribution in [0.1, 0.15) is 16.7 Å². The Kier molecular flexibility index (Phi) is 3.15. The first-order valence-corrected chi connectivity index (χ1v) is 5.70. The van der Waals surface area contributed by atoms with Crippen molar-refractivity contribution >= 4 is 0 Å². The maximum absolute atomic E-state index is 11.7. The molecule has 0 amide bonds. The van der Waals surface area contributed by atoms with Crippen LogP contribution in [0, 0.1) is 13.8 Å². The molecule has 0 aliphatic rings. The molecule has 4 heteroatoms. The van der Waals surface area contributed by atoms with E-state index in [9.17, 15) is 4.79 Å². The van der Waals surface area contributed by atoms with Crippen LogP contribution in [0.4, 0.5) is 0 Å². The van der Waals surface area contributed by atoms with Crippen LogP contribution >= 0.6 is 0 Å².